The first-order valence-electron chi connectivity index (χ1n) is 5.89. The molecule has 3 heteroatoms. The van der Waals surface area contributed by atoms with Gasteiger partial charge in [0.2, 0.25) is 0 Å². The van der Waals surface area contributed by atoms with E-state index >= 15 is 0 Å². The summed E-state index contributed by atoms with van der Waals surface area (Å²) in [7, 11) is 1.68. The minimum Gasteiger partial charge on any atom is -0.497 e. The average Bonchev–Trinajstić information content (AvgIpc) is 2.82. The molecule has 1 heterocycles. The minimum atomic E-state index is 0.824. The molecule has 0 unspecified atom stereocenters. The van der Waals surface area contributed by atoms with Crippen molar-refractivity contribution in [2.45, 2.75) is 6.54 Å². The topological polar surface area (TPSA) is 27.1 Å². The van der Waals surface area contributed by atoms with Gasteiger partial charge in [0.15, 0.2) is 0 Å². The molecule has 0 fully saturated rings. The molecule has 0 atom stereocenters. The van der Waals surface area contributed by atoms with Crippen molar-refractivity contribution in [2.24, 2.45) is 0 Å². The molecule has 0 aliphatic heterocycles. The maximum atomic E-state index is 5.26. The lowest BCUT2D eigenvalue weighted by molar-refractivity contribution is 0.415. The molecule has 0 amide bonds. The van der Waals surface area contributed by atoms with Crippen molar-refractivity contribution in [3.8, 4) is 5.75 Å². The molecule has 0 saturated carbocycles. The normalized spacial score (nSPS) is 10.7. The first kappa shape index (κ1) is 10.8. The Bertz CT molecular complexity index is 659. The zero-order valence-corrected chi connectivity index (χ0v) is 10.2. The van der Waals surface area contributed by atoms with Crippen molar-refractivity contribution < 1.29 is 4.74 Å². The van der Waals surface area contributed by atoms with E-state index in [1.807, 2.05) is 30.6 Å². The quantitative estimate of drug-likeness (QED) is 0.701. The molecule has 0 saturated heterocycles. The van der Waals surface area contributed by atoms with Crippen molar-refractivity contribution in [1.82, 2.24) is 9.55 Å². The first-order chi connectivity index (χ1) is 8.86. The van der Waals surface area contributed by atoms with Gasteiger partial charge >= 0.3 is 0 Å². The molecule has 18 heavy (non-hydrogen) atoms. The highest BCUT2D eigenvalue weighted by atomic mass is 16.5. The van der Waals surface area contributed by atoms with Gasteiger partial charge in [-0.15, -0.1) is 0 Å². The number of benzene rings is 2. The summed E-state index contributed by atoms with van der Waals surface area (Å²) in [4.78, 5) is 4.40. The van der Waals surface area contributed by atoms with E-state index in [1.54, 1.807) is 7.11 Å². The van der Waals surface area contributed by atoms with Gasteiger partial charge in [-0.05, 0) is 17.7 Å². The standard InChI is InChI=1S/C15H14N2O/c1-18-13-7-8-14-15(9-13)17(11-16-14)10-12-5-3-2-4-6-12/h2-9,11H,10H2,1H3. The molecular weight excluding hydrogens is 224 g/mol. The van der Waals surface area contributed by atoms with Crippen molar-refractivity contribution in [1.29, 1.82) is 0 Å². The Hall–Kier alpha value is -2.29. The maximum Gasteiger partial charge on any atom is 0.121 e. The van der Waals surface area contributed by atoms with E-state index in [2.05, 4.69) is 33.8 Å². The van der Waals surface area contributed by atoms with E-state index in [0.717, 1.165) is 23.3 Å². The smallest absolute Gasteiger partial charge is 0.121 e. The van der Waals surface area contributed by atoms with Gasteiger partial charge < -0.3 is 9.30 Å². The highest BCUT2D eigenvalue weighted by molar-refractivity contribution is 5.77. The van der Waals surface area contributed by atoms with Gasteiger partial charge in [-0.1, -0.05) is 30.3 Å². The lowest BCUT2D eigenvalue weighted by atomic mass is 10.2. The lowest BCUT2D eigenvalue weighted by Crippen LogP contribution is -1.97. The zero-order valence-electron chi connectivity index (χ0n) is 10.2. The van der Waals surface area contributed by atoms with E-state index in [4.69, 9.17) is 4.74 Å². The van der Waals surface area contributed by atoms with Gasteiger partial charge in [0.1, 0.15) is 5.75 Å². The molecule has 0 radical (unpaired) electrons. The van der Waals surface area contributed by atoms with Gasteiger partial charge in [-0.25, -0.2) is 4.98 Å². The highest BCUT2D eigenvalue weighted by Crippen LogP contribution is 2.20. The van der Waals surface area contributed by atoms with Crippen molar-refractivity contribution in [3.05, 3.63) is 60.4 Å². The minimum absolute atomic E-state index is 0.824. The third kappa shape index (κ3) is 1.95. The fraction of sp³-hybridized carbons (Fsp3) is 0.133. The van der Waals surface area contributed by atoms with Crippen LogP contribution in [0, 0.1) is 0 Å². The molecule has 3 aromatic rings. The number of aromatic nitrogens is 2. The Morgan fingerprint density at radius 1 is 1.11 bits per heavy atom. The molecular formula is C15H14N2O. The number of ether oxygens (including phenoxy) is 1. The molecule has 0 N–H and O–H groups in total. The van der Waals surface area contributed by atoms with Crippen LogP contribution in [-0.2, 0) is 6.54 Å². The Balaban J connectivity index is 2.01. The zero-order chi connectivity index (χ0) is 12.4. The summed E-state index contributed by atoms with van der Waals surface area (Å²) < 4.78 is 7.39. The van der Waals surface area contributed by atoms with Crippen LogP contribution >= 0.6 is 0 Å². The van der Waals surface area contributed by atoms with Crippen LogP contribution in [0.5, 0.6) is 5.75 Å². The van der Waals surface area contributed by atoms with Gasteiger partial charge in [-0.2, -0.15) is 0 Å². The molecule has 0 aliphatic rings. The summed E-state index contributed by atoms with van der Waals surface area (Å²) in [5.74, 6) is 0.859. The number of fused-ring (bicyclic) bond motifs is 1. The monoisotopic (exact) mass is 238 g/mol. The number of methoxy groups -OCH3 is 1. The molecule has 0 aliphatic carbocycles. The maximum absolute atomic E-state index is 5.26. The number of hydrogen-bond acceptors (Lipinski definition) is 2. The fourth-order valence-electron chi connectivity index (χ4n) is 2.07. The lowest BCUT2D eigenvalue weighted by Gasteiger charge is -2.05. The number of hydrogen-bond donors (Lipinski definition) is 0. The van der Waals surface area contributed by atoms with Gasteiger partial charge in [0.25, 0.3) is 0 Å². The van der Waals surface area contributed by atoms with E-state index in [1.165, 1.54) is 5.56 Å². The second-order valence-corrected chi connectivity index (χ2v) is 4.21. The summed E-state index contributed by atoms with van der Waals surface area (Å²) in [5, 5.41) is 0. The molecule has 0 bridgehead atoms. The van der Waals surface area contributed by atoms with Crippen LogP contribution in [0.1, 0.15) is 5.56 Å². The molecule has 1 aromatic heterocycles. The second kappa shape index (κ2) is 4.53. The van der Waals surface area contributed by atoms with Gasteiger partial charge in [0, 0.05) is 12.6 Å². The van der Waals surface area contributed by atoms with Crippen LogP contribution in [0.3, 0.4) is 0 Å². The fourth-order valence-corrected chi connectivity index (χ4v) is 2.07. The Morgan fingerprint density at radius 3 is 2.72 bits per heavy atom. The Kier molecular flexibility index (Phi) is 2.73. The molecule has 3 nitrogen and oxygen atoms in total. The van der Waals surface area contributed by atoms with Crippen LogP contribution in [-0.4, -0.2) is 16.7 Å². The van der Waals surface area contributed by atoms with Crippen molar-refractivity contribution >= 4 is 11.0 Å². The van der Waals surface area contributed by atoms with Crippen LogP contribution in [0.4, 0.5) is 0 Å². The third-order valence-corrected chi connectivity index (χ3v) is 3.02. The Morgan fingerprint density at radius 2 is 1.94 bits per heavy atom. The summed E-state index contributed by atoms with van der Waals surface area (Å²) in [6, 6.07) is 16.3. The van der Waals surface area contributed by atoms with Gasteiger partial charge in [-0.3, -0.25) is 0 Å². The second-order valence-electron chi connectivity index (χ2n) is 4.21. The predicted octanol–water partition coefficient (Wildman–Crippen LogP) is 3.09. The molecule has 2 aromatic carbocycles. The molecule has 90 valence electrons. The number of rotatable bonds is 3. The van der Waals surface area contributed by atoms with E-state index in [9.17, 15) is 0 Å². The highest BCUT2D eigenvalue weighted by Gasteiger charge is 2.04. The van der Waals surface area contributed by atoms with Crippen LogP contribution in [0.25, 0.3) is 11.0 Å². The summed E-state index contributed by atoms with van der Waals surface area (Å²) in [6.07, 6.45) is 1.87. The summed E-state index contributed by atoms with van der Waals surface area (Å²) in [6.45, 7) is 0.824. The molecule has 3 rings (SSSR count). The van der Waals surface area contributed by atoms with Gasteiger partial charge in [0.05, 0.1) is 24.5 Å². The predicted molar refractivity (Wildman–Crippen MR) is 71.8 cm³/mol. The third-order valence-electron chi connectivity index (χ3n) is 3.02. The van der Waals surface area contributed by atoms with E-state index < -0.39 is 0 Å². The summed E-state index contributed by atoms with van der Waals surface area (Å²) >= 11 is 0. The average molecular weight is 238 g/mol. The molecule has 0 spiro atoms. The van der Waals surface area contributed by atoms with E-state index in [-0.39, 0.29) is 0 Å². The van der Waals surface area contributed by atoms with Crippen molar-refractivity contribution in [3.63, 3.8) is 0 Å². The SMILES string of the molecule is COc1ccc2ncn(Cc3ccccc3)c2c1. The first-order valence-corrected chi connectivity index (χ1v) is 5.89. The van der Waals surface area contributed by atoms with Crippen molar-refractivity contribution in [2.75, 3.05) is 7.11 Å². The van der Waals surface area contributed by atoms with Crippen LogP contribution in [0.2, 0.25) is 0 Å². The van der Waals surface area contributed by atoms with Crippen LogP contribution in [0.15, 0.2) is 54.9 Å². The summed E-state index contributed by atoms with van der Waals surface area (Å²) in [5.41, 5.74) is 3.35. The number of nitrogens with zero attached hydrogens (tertiary/aromatic N) is 2. The Labute approximate surface area is 106 Å². The number of imidazole rings is 1. The van der Waals surface area contributed by atoms with E-state index in [0.29, 0.717) is 0 Å². The van der Waals surface area contributed by atoms with Crippen LogP contribution < -0.4 is 4.74 Å². The largest absolute Gasteiger partial charge is 0.497 e.